The highest BCUT2D eigenvalue weighted by molar-refractivity contribution is 6.30. The first kappa shape index (κ1) is 19.2. The lowest BCUT2D eigenvalue weighted by atomic mass is 10.00. The number of morpholine rings is 1. The minimum atomic E-state index is -0.0957. The molecule has 1 saturated heterocycles. The molecular formula is C22H26ClN3O2. The number of carbonyl (C=O) groups is 1. The number of amides is 1. The van der Waals surface area contributed by atoms with Crippen LogP contribution in [0, 0.1) is 0 Å². The van der Waals surface area contributed by atoms with Gasteiger partial charge in [-0.2, -0.15) is 0 Å². The smallest absolute Gasteiger partial charge is 0.251 e. The predicted octanol–water partition coefficient (Wildman–Crippen LogP) is 3.14. The van der Waals surface area contributed by atoms with Gasteiger partial charge in [0.2, 0.25) is 0 Å². The molecule has 4 rings (SSSR count). The van der Waals surface area contributed by atoms with Crippen molar-refractivity contribution >= 4 is 23.2 Å². The summed E-state index contributed by atoms with van der Waals surface area (Å²) >= 11 is 6.03. The molecule has 1 atom stereocenters. The van der Waals surface area contributed by atoms with Crippen molar-refractivity contribution in [3.05, 3.63) is 64.2 Å². The van der Waals surface area contributed by atoms with Crippen molar-refractivity contribution in [2.24, 2.45) is 0 Å². The number of halogens is 1. The van der Waals surface area contributed by atoms with Crippen LogP contribution in [0.25, 0.3) is 0 Å². The van der Waals surface area contributed by atoms with E-state index in [0.717, 1.165) is 39.3 Å². The summed E-state index contributed by atoms with van der Waals surface area (Å²) in [6.07, 6.45) is 1.07. The van der Waals surface area contributed by atoms with E-state index in [0.29, 0.717) is 17.1 Å². The van der Waals surface area contributed by atoms with E-state index in [1.807, 2.05) is 0 Å². The molecule has 2 aromatic carbocycles. The van der Waals surface area contributed by atoms with Gasteiger partial charge in [-0.15, -0.1) is 0 Å². The zero-order valence-corrected chi connectivity index (χ0v) is 16.9. The number of anilines is 1. The van der Waals surface area contributed by atoms with Crippen LogP contribution in [0.2, 0.25) is 5.02 Å². The molecule has 0 aromatic heterocycles. The third kappa shape index (κ3) is 4.17. The van der Waals surface area contributed by atoms with Crippen LogP contribution in [-0.4, -0.2) is 57.2 Å². The number of nitrogens with one attached hydrogen (secondary N) is 1. The molecule has 6 heteroatoms. The standard InChI is InChI=1S/C22H26ClN3O2/c1-25-8-7-17-13-16(5-6-20(17)25)21(26-9-11-28-12-10-26)15-24-22(27)18-3-2-4-19(23)14-18/h2-6,13-14,21H,7-12,15H2,1H3,(H,24,27)/t21-/m0/s1. The summed E-state index contributed by atoms with van der Waals surface area (Å²) in [6.45, 7) is 4.81. The Labute approximate surface area is 171 Å². The lowest BCUT2D eigenvalue weighted by molar-refractivity contribution is 0.0162. The minimum Gasteiger partial charge on any atom is -0.379 e. The molecule has 5 nitrogen and oxygen atoms in total. The van der Waals surface area contributed by atoms with Crippen LogP contribution >= 0.6 is 11.6 Å². The highest BCUT2D eigenvalue weighted by atomic mass is 35.5. The molecule has 0 radical (unpaired) electrons. The van der Waals surface area contributed by atoms with Crippen molar-refractivity contribution in [3.63, 3.8) is 0 Å². The van der Waals surface area contributed by atoms with Gasteiger partial charge < -0.3 is 15.0 Å². The fourth-order valence-electron chi connectivity index (χ4n) is 4.06. The lowest BCUT2D eigenvalue weighted by Crippen LogP contribution is -2.43. The molecule has 0 saturated carbocycles. The summed E-state index contributed by atoms with van der Waals surface area (Å²) in [7, 11) is 2.14. The van der Waals surface area contributed by atoms with Gasteiger partial charge in [0.25, 0.3) is 5.91 Å². The van der Waals surface area contributed by atoms with E-state index in [-0.39, 0.29) is 11.9 Å². The van der Waals surface area contributed by atoms with E-state index < -0.39 is 0 Å². The Morgan fingerprint density at radius 2 is 2.00 bits per heavy atom. The Morgan fingerprint density at radius 1 is 1.18 bits per heavy atom. The number of hydrogen-bond donors (Lipinski definition) is 1. The van der Waals surface area contributed by atoms with E-state index in [1.165, 1.54) is 16.8 Å². The van der Waals surface area contributed by atoms with Gasteiger partial charge in [0, 0.05) is 49.5 Å². The SMILES string of the molecule is CN1CCc2cc([C@H](CNC(=O)c3cccc(Cl)c3)N3CCOCC3)ccc21. The van der Waals surface area contributed by atoms with Crippen molar-refractivity contribution < 1.29 is 9.53 Å². The molecule has 1 N–H and O–H groups in total. The van der Waals surface area contributed by atoms with E-state index in [2.05, 4.69) is 40.4 Å². The molecule has 0 unspecified atom stereocenters. The van der Waals surface area contributed by atoms with Gasteiger partial charge in [0.1, 0.15) is 0 Å². The van der Waals surface area contributed by atoms with E-state index in [4.69, 9.17) is 16.3 Å². The van der Waals surface area contributed by atoms with Gasteiger partial charge >= 0.3 is 0 Å². The molecule has 0 spiro atoms. The maximum Gasteiger partial charge on any atom is 0.251 e. The number of nitrogens with zero attached hydrogens (tertiary/aromatic N) is 2. The molecular weight excluding hydrogens is 374 g/mol. The molecule has 1 fully saturated rings. The Hall–Kier alpha value is -2.08. The number of hydrogen-bond acceptors (Lipinski definition) is 4. The van der Waals surface area contributed by atoms with Crippen molar-refractivity contribution in [1.82, 2.24) is 10.2 Å². The lowest BCUT2D eigenvalue weighted by Gasteiger charge is -2.35. The topological polar surface area (TPSA) is 44.8 Å². The Balaban J connectivity index is 1.53. The fraction of sp³-hybridized carbons (Fsp3) is 0.409. The summed E-state index contributed by atoms with van der Waals surface area (Å²) in [5, 5.41) is 3.68. The number of benzene rings is 2. The van der Waals surface area contributed by atoms with E-state index >= 15 is 0 Å². The van der Waals surface area contributed by atoms with Crippen molar-refractivity contribution in [2.75, 3.05) is 51.3 Å². The number of fused-ring (bicyclic) bond motifs is 1. The van der Waals surface area contributed by atoms with Crippen LogP contribution in [-0.2, 0) is 11.2 Å². The van der Waals surface area contributed by atoms with Gasteiger partial charge in [-0.25, -0.2) is 0 Å². The van der Waals surface area contributed by atoms with Gasteiger partial charge in [-0.1, -0.05) is 29.8 Å². The number of likely N-dealkylation sites (N-methyl/N-ethyl adjacent to an activating group) is 1. The second-order valence-corrected chi connectivity index (χ2v) is 7.88. The van der Waals surface area contributed by atoms with Crippen LogP contribution in [0.15, 0.2) is 42.5 Å². The maximum absolute atomic E-state index is 12.6. The Bertz CT molecular complexity index is 851. The monoisotopic (exact) mass is 399 g/mol. The molecule has 2 heterocycles. The second kappa shape index (κ2) is 8.52. The summed E-state index contributed by atoms with van der Waals surface area (Å²) in [5.41, 5.74) is 4.54. The average Bonchev–Trinajstić information content (AvgIpc) is 3.09. The molecule has 1 amide bonds. The number of carbonyl (C=O) groups excluding carboxylic acids is 1. The van der Waals surface area contributed by atoms with Crippen LogP contribution in [0.5, 0.6) is 0 Å². The van der Waals surface area contributed by atoms with Crippen molar-refractivity contribution in [1.29, 1.82) is 0 Å². The van der Waals surface area contributed by atoms with Crippen LogP contribution < -0.4 is 10.2 Å². The third-order valence-corrected chi connectivity index (χ3v) is 5.88. The molecule has 2 aliphatic rings. The quantitative estimate of drug-likeness (QED) is 0.839. The number of ether oxygens (including phenoxy) is 1. The first-order valence-electron chi connectivity index (χ1n) is 9.81. The van der Waals surface area contributed by atoms with Gasteiger partial charge in [0.05, 0.1) is 19.3 Å². The van der Waals surface area contributed by atoms with Crippen LogP contribution in [0.3, 0.4) is 0 Å². The van der Waals surface area contributed by atoms with Crippen molar-refractivity contribution in [2.45, 2.75) is 12.5 Å². The fourth-order valence-corrected chi connectivity index (χ4v) is 4.25. The Morgan fingerprint density at radius 3 is 2.79 bits per heavy atom. The summed E-state index contributed by atoms with van der Waals surface area (Å²) < 4.78 is 5.53. The number of rotatable bonds is 5. The third-order valence-electron chi connectivity index (χ3n) is 5.65. The second-order valence-electron chi connectivity index (χ2n) is 7.44. The Kier molecular flexibility index (Phi) is 5.85. The van der Waals surface area contributed by atoms with E-state index in [9.17, 15) is 4.79 Å². The molecule has 2 aliphatic heterocycles. The van der Waals surface area contributed by atoms with Gasteiger partial charge in [-0.05, 0) is 41.8 Å². The molecule has 148 valence electrons. The summed E-state index contributed by atoms with van der Waals surface area (Å²) in [6, 6.07) is 13.9. The molecule has 28 heavy (non-hydrogen) atoms. The molecule has 2 aromatic rings. The zero-order valence-electron chi connectivity index (χ0n) is 16.2. The summed E-state index contributed by atoms with van der Waals surface area (Å²) in [5.74, 6) is -0.0957. The predicted molar refractivity (Wildman–Crippen MR) is 112 cm³/mol. The van der Waals surface area contributed by atoms with Gasteiger partial charge in [0.15, 0.2) is 0 Å². The maximum atomic E-state index is 12.6. The first-order valence-corrected chi connectivity index (χ1v) is 10.2. The highest BCUT2D eigenvalue weighted by Crippen LogP contribution is 2.31. The largest absolute Gasteiger partial charge is 0.379 e. The highest BCUT2D eigenvalue weighted by Gasteiger charge is 2.25. The van der Waals surface area contributed by atoms with Gasteiger partial charge in [-0.3, -0.25) is 9.69 Å². The first-order chi connectivity index (χ1) is 13.6. The normalized spacial score (nSPS) is 18.0. The van der Waals surface area contributed by atoms with Crippen molar-refractivity contribution in [3.8, 4) is 0 Å². The molecule has 0 aliphatic carbocycles. The van der Waals surface area contributed by atoms with Crippen LogP contribution in [0.1, 0.15) is 27.5 Å². The minimum absolute atomic E-state index is 0.0957. The summed E-state index contributed by atoms with van der Waals surface area (Å²) in [4.78, 5) is 17.3. The molecule has 0 bridgehead atoms. The van der Waals surface area contributed by atoms with E-state index in [1.54, 1.807) is 24.3 Å². The average molecular weight is 400 g/mol. The zero-order chi connectivity index (χ0) is 19.5. The van der Waals surface area contributed by atoms with Crippen LogP contribution in [0.4, 0.5) is 5.69 Å².